The third-order valence-corrected chi connectivity index (χ3v) is 5.56. The third-order valence-electron chi connectivity index (χ3n) is 4.07. The predicted octanol–water partition coefficient (Wildman–Crippen LogP) is 4.29. The van der Waals surface area contributed by atoms with Crippen LogP contribution in [0.4, 0.5) is 0 Å². The summed E-state index contributed by atoms with van der Waals surface area (Å²) in [5, 5.41) is 0. The molecule has 1 heterocycles. The largest absolute Gasteiger partial charge is 0.493 e. The van der Waals surface area contributed by atoms with Gasteiger partial charge >= 0.3 is 0 Å². The van der Waals surface area contributed by atoms with Gasteiger partial charge in [-0.2, -0.15) is 0 Å². The molecular formula is C21H21NO4S2. The number of carbonyl (C=O) groups excluding carboxylic acids is 1. The molecule has 1 saturated heterocycles. The quantitative estimate of drug-likeness (QED) is 0.382. The summed E-state index contributed by atoms with van der Waals surface area (Å²) in [4.78, 5) is 14.2. The zero-order valence-corrected chi connectivity index (χ0v) is 17.6. The fourth-order valence-electron chi connectivity index (χ4n) is 2.61. The molecule has 0 spiro atoms. The Morgan fingerprint density at radius 3 is 2.57 bits per heavy atom. The molecule has 0 N–H and O–H groups in total. The maximum absolute atomic E-state index is 12.1. The van der Waals surface area contributed by atoms with Crippen LogP contribution < -0.4 is 14.2 Å². The van der Waals surface area contributed by atoms with Crippen molar-refractivity contribution in [2.24, 2.45) is 0 Å². The predicted molar refractivity (Wildman–Crippen MR) is 116 cm³/mol. The second-order valence-corrected chi connectivity index (χ2v) is 7.84. The molecular weight excluding hydrogens is 394 g/mol. The monoisotopic (exact) mass is 415 g/mol. The zero-order chi connectivity index (χ0) is 20.1. The first-order chi connectivity index (χ1) is 13.5. The Morgan fingerprint density at radius 1 is 1.11 bits per heavy atom. The average Bonchev–Trinajstić information content (AvgIpc) is 2.92. The summed E-state index contributed by atoms with van der Waals surface area (Å²) in [6, 6.07) is 13.4. The molecule has 5 nitrogen and oxygen atoms in total. The number of aryl methyl sites for hydroxylation is 1. The Bertz CT molecular complexity index is 926. The first kappa shape index (κ1) is 20.2. The number of hydrogen-bond donors (Lipinski definition) is 0. The van der Waals surface area contributed by atoms with E-state index in [0.717, 1.165) is 16.9 Å². The molecule has 0 unspecified atom stereocenters. The van der Waals surface area contributed by atoms with Gasteiger partial charge < -0.3 is 14.2 Å². The van der Waals surface area contributed by atoms with Gasteiger partial charge in [-0.3, -0.25) is 9.69 Å². The topological polar surface area (TPSA) is 48.0 Å². The maximum Gasteiger partial charge on any atom is 0.265 e. The number of ether oxygens (including phenoxy) is 3. The minimum absolute atomic E-state index is 0.0948. The lowest BCUT2D eigenvalue weighted by Crippen LogP contribution is -2.22. The highest BCUT2D eigenvalue weighted by Gasteiger charge is 2.28. The maximum atomic E-state index is 12.1. The summed E-state index contributed by atoms with van der Waals surface area (Å²) >= 11 is 6.44. The number of carbonyl (C=O) groups is 1. The van der Waals surface area contributed by atoms with E-state index in [1.54, 1.807) is 20.2 Å². The number of hydrogen-bond acceptors (Lipinski definition) is 6. The first-order valence-corrected chi connectivity index (χ1v) is 9.92. The van der Waals surface area contributed by atoms with Gasteiger partial charge in [0, 0.05) is 7.05 Å². The number of thioether (sulfide) groups is 1. The van der Waals surface area contributed by atoms with Crippen LogP contribution in [0.25, 0.3) is 6.08 Å². The van der Waals surface area contributed by atoms with E-state index in [4.69, 9.17) is 26.4 Å². The summed E-state index contributed by atoms with van der Waals surface area (Å²) in [6.07, 6.45) is 1.80. The van der Waals surface area contributed by atoms with Crippen LogP contribution in [-0.4, -0.2) is 42.5 Å². The molecule has 0 bridgehead atoms. The van der Waals surface area contributed by atoms with Crippen LogP contribution in [-0.2, 0) is 4.79 Å². The molecule has 0 radical (unpaired) electrons. The van der Waals surface area contributed by atoms with Crippen LogP contribution in [0.3, 0.4) is 0 Å². The van der Waals surface area contributed by atoms with E-state index >= 15 is 0 Å². The van der Waals surface area contributed by atoms with Crippen molar-refractivity contribution in [1.82, 2.24) is 4.90 Å². The molecule has 1 aliphatic heterocycles. The van der Waals surface area contributed by atoms with Crippen LogP contribution in [0.5, 0.6) is 17.2 Å². The fourth-order valence-corrected chi connectivity index (χ4v) is 3.79. The summed E-state index contributed by atoms with van der Waals surface area (Å²) < 4.78 is 17.5. The molecule has 0 aromatic heterocycles. The van der Waals surface area contributed by atoms with Gasteiger partial charge in [0.05, 0.1) is 12.0 Å². The third kappa shape index (κ3) is 4.85. The normalized spacial score (nSPS) is 15.2. The number of rotatable bonds is 7. The van der Waals surface area contributed by atoms with Gasteiger partial charge in [0.2, 0.25) is 0 Å². The Kier molecular flexibility index (Phi) is 6.59. The molecule has 146 valence electrons. The Hall–Kier alpha value is -2.51. The van der Waals surface area contributed by atoms with Gasteiger partial charge in [-0.1, -0.05) is 42.2 Å². The van der Waals surface area contributed by atoms with Crippen molar-refractivity contribution in [1.29, 1.82) is 0 Å². The van der Waals surface area contributed by atoms with Gasteiger partial charge in [-0.15, -0.1) is 0 Å². The molecule has 28 heavy (non-hydrogen) atoms. The van der Waals surface area contributed by atoms with Gasteiger partial charge in [-0.05, 0) is 48.4 Å². The van der Waals surface area contributed by atoms with E-state index in [2.05, 4.69) is 0 Å². The fraction of sp³-hybridized carbons (Fsp3) is 0.238. The molecule has 2 aromatic carbocycles. The van der Waals surface area contributed by atoms with Crippen molar-refractivity contribution < 1.29 is 19.0 Å². The van der Waals surface area contributed by atoms with Crippen LogP contribution in [0.2, 0.25) is 0 Å². The molecule has 3 rings (SSSR count). The standard InChI is InChI=1S/C21H21NO4S2/c1-14-5-4-6-16(11-14)25-9-10-26-17-8-7-15(12-18(17)24-3)13-19-20(23)22(2)21(27)28-19/h4-8,11-13H,9-10H2,1-3H3/b19-13+. The van der Waals surface area contributed by atoms with E-state index < -0.39 is 0 Å². The lowest BCUT2D eigenvalue weighted by molar-refractivity contribution is -0.121. The second kappa shape index (κ2) is 9.12. The van der Waals surface area contributed by atoms with Crippen molar-refractivity contribution >= 4 is 40.3 Å². The Morgan fingerprint density at radius 2 is 1.89 bits per heavy atom. The Balaban J connectivity index is 1.62. The van der Waals surface area contributed by atoms with Crippen LogP contribution in [0.1, 0.15) is 11.1 Å². The molecule has 0 atom stereocenters. The van der Waals surface area contributed by atoms with Crippen LogP contribution >= 0.6 is 24.0 Å². The lowest BCUT2D eigenvalue weighted by Gasteiger charge is -2.12. The summed E-state index contributed by atoms with van der Waals surface area (Å²) in [6.45, 7) is 2.83. The average molecular weight is 416 g/mol. The molecule has 1 aliphatic rings. The van der Waals surface area contributed by atoms with Crippen molar-refractivity contribution in [2.45, 2.75) is 6.92 Å². The number of thiocarbonyl (C=S) groups is 1. The van der Waals surface area contributed by atoms with Crippen molar-refractivity contribution in [3.05, 3.63) is 58.5 Å². The van der Waals surface area contributed by atoms with Gasteiger partial charge in [0.15, 0.2) is 11.5 Å². The highest BCUT2D eigenvalue weighted by molar-refractivity contribution is 8.26. The second-order valence-electron chi connectivity index (χ2n) is 6.16. The van der Waals surface area contributed by atoms with E-state index in [0.29, 0.717) is 33.9 Å². The molecule has 1 fully saturated rings. The minimum atomic E-state index is -0.0948. The molecule has 1 amide bonds. The van der Waals surface area contributed by atoms with E-state index in [9.17, 15) is 4.79 Å². The zero-order valence-electron chi connectivity index (χ0n) is 15.9. The highest BCUT2D eigenvalue weighted by atomic mass is 32.2. The summed E-state index contributed by atoms with van der Waals surface area (Å²) in [5.74, 6) is 1.94. The summed E-state index contributed by atoms with van der Waals surface area (Å²) in [5.41, 5.74) is 1.99. The number of likely N-dealkylation sites (N-methyl/N-ethyl adjacent to an activating group) is 1. The van der Waals surface area contributed by atoms with E-state index in [1.165, 1.54) is 16.7 Å². The van der Waals surface area contributed by atoms with Crippen molar-refractivity contribution in [2.75, 3.05) is 27.4 Å². The summed E-state index contributed by atoms with van der Waals surface area (Å²) in [7, 11) is 3.26. The van der Waals surface area contributed by atoms with Gasteiger partial charge in [-0.25, -0.2) is 0 Å². The van der Waals surface area contributed by atoms with Gasteiger partial charge in [0.25, 0.3) is 5.91 Å². The smallest absolute Gasteiger partial charge is 0.265 e. The molecule has 0 aliphatic carbocycles. The number of benzene rings is 2. The van der Waals surface area contributed by atoms with Gasteiger partial charge in [0.1, 0.15) is 23.3 Å². The van der Waals surface area contributed by atoms with Crippen LogP contribution in [0, 0.1) is 6.92 Å². The highest BCUT2D eigenvalue weighted by Crippen LogP contribution is 2.34. The van der Waals surface area contributed by atoms with Crippen LogP contribution in [0.15, 0.2) is 47.4 Å². The van der Waals surface area contributed by atoms with E-state index in [-0.39, 0.29) is 5.91 Å². The molecule has 7 heteroatoms. The number of methoxy groups -OCH3 is 1. The van der Waals surface area contributed by atoms with Crippen molar-refractivity contribution in [3.63, 3.8) is 0 Å². The number of amides is 1. The first-order valence-electron chi connectivity index (χ1n) is 8.70. The Labute approximate surface area is 174 Å². The van der Waals surface area contributed by atoms with Crippen molar-refractivity contribution in [3.8, 4) is 17.2 Å². The van der Waals surface area contributed by atoms with E-state index in [1.807, 2.05) is 49.4 Å². The number of nitrogens with zero attached hydrogens (tertiary/aromatic N) is 1. The SMILES string of the molecule is COc1cc(/C=C2/SC(=S)N(C)C2=O)ccc1OCCOc1cccc(C)c1. The molecule has 2 aromatic rings. The molecule has 0 saturated carbocycles. The lowest BCUT2D eigenvalue weighted by atomic mass is 10.2. The minimum Gasteiger partial charge on any atom is -0.493 e.